The predicted octanol–water partition coefficient (Wildman–Crippen LogP) is 1.68. The Morgan fingerprint density at radius 3 is 2.41 bits per heavy atom. The summed E-state index contributed by atoms with van der Waals surface area (Å²) in [7, 11) is 0. The highest BCUT2D eigenvalue weighted by Crippen LogP contribution is 2.17. The molecule has 0 aliphatic carbocycles. The molecule has 6 heteroatoms. The lowest BCUT2D eigenvalue weighted by Gasteiger charge is -2.10. The third kappa shape index (κ3) is 3.82. The summed E-state index contributed by atoms with van der Waals surface area (Å²) in [6.07, 6.45) is -0.990. The van der Waals surface area contributed by atoms with Gasteiger partial charge < -0.3 is 10.2 Å². The van der Waals surface area contributed by atoms with Gasteiger partial charge in [-0.2, -0.15) is 0 Å². The molecule has 0 amide bonds. The first-order chi connectivity index (χ1) is 7.90. The van der Waals surface area contributed by atoms with Gasteiger partial charge in [0.2, 0.25) is 0 Å². The van der Waals surface area contributed by atoms with Crippen LogP contribution in [-0.2, 0) is 16.0 Å². The molecule has 1 aromatic rings. The van der Waals surface area contributed by atoms with Crippen LogP contribution in [0.3, 0.4) is 0 Å². The van der Waals surface area contributed by atoms with E-state index in [4.69, 9.17) is 10.2 Å². The summed E-state index contributed by atoms with van der Waals surface area (Å²) in [6.45, 7) is 0. The molecule has 0 aromatic heterocycles. The average Bonchev–Trinajstić information content (AvgIpc) is 2.21. The molecule has 0 aliphatic heterocycles. The summed E-state index contributed by atoms with van der Waals surface area (Å²) in [6, 6.07) is 2.66. The van der Waals surface area contributed by atoms with E-state index in [-0.39, 0.29) is 12.0 Å². The number of aliphatic carboxylic acids is 2. The van der Waals surface area contributed by atoms with Crippen LogP contribution >= 0.6 is 0 Å². The second-order valence-corrected chi connectivity index (χ2v) is 3.57. The standard InChI is InChI=1S/C11H10F2O4/c12-8-1-2-9(13)6(4-8)3-7(11(16)17)5-10(14)15/h1-2,4,7H,3,5H2,(H,14,15)(H,16,17). The van der Waals surface area contributed by atoms with Crippen molar-refractivity contribution in [2.45, 2.75) is 12.8 Å². The Balaban J connectivity index is 2.89. The summed E-state index contributed by atoms with van der Waals surface area (Å²) < 4.78 is 26.1. The second kappa shape index (κ2) is 5.38. The van der Waals surface area contributed by atoms with Gasteiger partial charge in [-0.1, -0.05) is 0 Å². The molecular formula is C11H10F2O4. The van der Waals surface area contributed by atoms with Crippen molar-refractivity contribution in [2.24, 2.45) is 5.92 Å². The molecule has 1 aromatic carbocycles. The molecule has 2 N–H and O–H groups in total. The van der Waals surface area contributed by atoms with Gasteiger partial charge in [0, 0.05) is 0 Å². The molecular weight excluding hydrogens is 234 g/mol. The summed E-state index contributed by atoms with van der Waals surface area (Å²) in [5.74, 6) is -5.36. The fourth-order valence-corrected chi connectivity index (χ4v) is 1.42. The lowest BCUT2D eigenvalue weighted by atomic mass is 9.96. The summed E-state index contributed by atoms with van der Waals surface area (Å²) >= 11 is 0. The molecule has 1 unspecified atom stereocenters. The van der Waals surface area contributed by atoms with Gasteiger partial charge in [0.1, 0.15) is 11.6 Å². The van der Waals surface area contributed by atoms with E-state index in [1.807, 2.05) is 0 Å². The van der Waals surface area contributed by atoms with Gasteiger partial charge in [0.25, 0.3) is 0 Å². The second-order valence-electron chi connectivity index (χ2n) is 3.57. The molecule has 0 aliphatic rings. The highest BCUT2D eigenvalue weighted by molar-refractivity contribution is 5.78. The zero-order chi connectivity index (χ0) is 13.0. The molecule has 0 fully saturated rings. The van der Waals surface area contributed by atoms with Gasteiger partial charge >= 0.3 is 11.9 Å². The first-order valence-electron chi connectivity index (χ1n) is 4.78. The van der Waals surface area contributed by atoms with E-state index in [9.17, 15) is 18.4 Å². The maximum atomic E-state index is 13.2. The van der Waals surface area contributed by atoms with Crippen LogP contribution in [0.25, 0.3) is 0 Å². The maximum absolute atomic E-state index is 13.2. The van der Waals surface area contributed by atoms with Crippen LogP contribution in [0, 0.1) is 17.6 Å². The van der Waals surface area contributed by atoms with Crippen LogP contribution in [-0.4, -0.2) is 22.2 Å². The van der Waals surface area contributed by atoms with E-state index in [1.165, 1.54) is 0 Å². The summed E-state index contributed by atoms with van der Waals surface area (Å²) in [5.41, 5.74) is -0.140. The topological polar surface area (TPSA) is 74.6 Å². The van der Waals surface area contributed by atoms with Crippen LogP contribution in [0.2, 0.25) is 0 Å². The van der Waals surface area contributed by atoms with Gasteiger partial charge in [-0.25, -0.2) is 8.78 Å². The normalized spacial score (nSPS) is 12.1. The highest BCUT2D eigenvalue weighted by atomic mass is 19.1. The van der Waals surface area contributed by atoms with E-state index >= 15 is 0 Å². The number of benzene rings is 1. The number of carboxylic acid groups (broad SMARTS) is 2. The van der Waals surface area contributed by atoms with E-state index in [1.54, 1.807) is 0 Å². The molecule has 0 saturated carbocycles. The van der Waals surface area contributed by atoms with Crippen LogP contribution < -0.4 is 0 Å². The minimum Gasteiger partial charge on any atom is -0.481 e. The van der Waals surface area contributed by atoms with Crippen molar-refractivity contribution in [3.8, 4) is 0 Å². The molecule has 0 heterocycles. The van der Waals surface area contributed by atoms with Crippen molar-refractivity contribution in [3.05, 3.63) is 35.4 Å². The number of carbonyl (C=O) groups is 2. The van der Waals surface area contributed by atoms with E-state index in [0.717, 1.165) is 18.2 Å². The molecule has 0 saturated heterocycles. The fraction of sp³-hybridized carbons (Fsp3) is 0.273. The van der Waals surface area contributed by atoms with Gasteiger partial charge in [-0.3, -0.25) is 9.59 Å². The van der Waals surface area contributed by atoms with Crippen molar-refractivity contribution in [3.63, 3.8) is 0 Å². The van der Waals surface area contributed by atoms with Gasteiger partial charge in [0.15, 0.2) is 0 Å². The lowest BCUT2D eigenvalue weighted by molar-refractivity contribution is -0.148. The van der Waals surface area contributed by atoms with Crippen molar-refractivity contribution in [1.82, 2.24) is 0 Å². The average molecular weight is 244 g/mol. The summed E-state index contributed by atoms with van der Waals surface area (Å²) in [5, 5.41) is 17.3. The number of halogens is 2. The van der Waals surface area contributed by atoms with Gasteiger partial charge in [0.05, 0.1) is 12.3 Å². The first-order valence-corrected chi connectivity index (χ1v) is 4.78. The third-order valence-electron chi connectivity index (χ3n) is 2.24. The molecule has 1 rings (SSSR count). The Morgan fingerprint density at radius 1 is 1.24 bits per heavy atom. The van der Waals surface area contributed by atoms with E-state index in [0.29, 0.717) is 0 Å². The largest absolute Gasteiger partial charge is 0.481 e. The van der Waals surface area contributed by atoms with E-state index < -0.39 is 35.9 Å². The smallest absolute Gasteiger partial charge is 0.307 e. The van der Waals surface area contributed by atoms with Crippen LogP contribution in [0.4, 0.5) is 8.78 Å². The molecule has 0 bridgehead atoms. The van der Waals surface area contributed by atoms with Gasteiger partial charge in [-0.15, -0.1) is 0 Å². The lowest BCUT2D eigenvalue weighted by Crippen LogP contribution is -2.20. The SMILES string of the molecule is O=C(O)CC(Cc1cc(F)ccc1F)C(=O)O. The molecule has 92 valence electrons. The zero-order valence-corrected chi connectivity index (χ0v) is 8.69. The van der Waals surface area contributed by atoms with Crippen molar-refractivity contribution >= 4 is 11.9 Å². The maximum Gasteiger partial charge on any atom is 0.307 e. The first kappa shape index (κ1) is 13.1. The predicted molar refractivity (Wildman–Crippen MR) is 53.4 cm³/mol. The molecule has 0 radical (unpaired) electrons. The Bertz CT molecular complexity index is 445. The number of hydrogen-bond donors (Lipinski definition) is 2. The van der Waals surface area contributed by atoms with Crippen molar-refractivity contribution < 1.29 is 28.6 Å². The van der Waals surface area contributed by atoms with Crippen LogP contribution in [0.1, 0.15) is 12.0 Å². The molecule has 4 nitrogen and oxygen atoms in total. The van der Waals surface area contributed by atoms with E-state index in [2.05, 4.69) is 0 Å². The third-order valence-corrected chi connectivity index (χ3v) is 2.24. The minimum atomic E-state index is -1.35. The number of hydrogen-bond acceptors (Lipinski definition) is 2. The van der Waals surface area contributed by atoms with Gasteiger partial charge in [-0.05, 0) is 30.2 Å². The quantitative estimate of drug-likeness (QED) is 0.826. The highest BCUT2D eigenvalue weighted by Gasteiger charge is 2.22. The van der Waals surface area contributed by atoms with Crippen molar-refractivity contribution in [1.29, 1.82) is 0 Å². The Morgan fingerprint density at radius 2 is 1.88 bits per heavy atom. The number of carboxylic acids is 2. The summed E-state index contributed by atoms with van der Waals surface area (Å²) in [4.78, 5) is 21.2. The molecule has 17 heavy (non-hydrogen) atoms. The number of rotatable bonds is 5. The monoisotopic (exact) mass is 244 g/mol. The molecule has 0 spiro atoms. The Kier molecular flexibility index (Phi) is 4.14. The fourth-order valence-electron chi connectivity index (χ4n) is 1.42. The molecule has 1 atom stereocenters. The zero-order valence-electron chi connectivity index (χ0n) is 8.69. The Hall–Kier alpha value is -1.98. The minimum absolute atomic E-state index is 0.140. The Labute approximate surface area is 95.5 Å². The van der Waals surface area contributed by atoms with Crippen LogP contribution in [0.5, 0.6) is 0 Å². The van der Waals surface area contributed by atoms with Crippen molar-refractivity contribution in [2.75, 3.05) is 0 Å². The van der Waals surface area contributed by atoms with Crippen LogP contribution in [0.15, 0.2) is 18.2 Å².